The van der Waals surface area contributed by atoms with Crippen LogP contribution in [0.5, 0.6) is 11.5 Å². The van der Waals surface area contributed by atoms with Gasteiger partial charge in [0.25, 0.3) is 5.91 Å². The number of benzene rings is 2. The maximum Gasteiger partial charge on any atom is 0.251 e. The number of halogens is 1. The van der Waals surface area contributed by atoms with Gasteiger partial charge in [0.15, 0.2) is 22.5 Å². The zero-order valence-electron chi connectivity index (χ0n) is 17.3. The van der Waals surface area contributed by atoms with E-state index < -0.39 is 0 Å². The van der Waals surface area contributed by atoms with E-state index in [0.717, 1.165) is 5.56 Å². The molecule has 2 aromatic carbocycles. The van der Waals surface area contributed by atoms with Crippen LogP contribution in [0.15, 0.2) is 72.1 Å². The van der Waals surface area contributed by atoms with Crippen LogP contribution in [-0.2, 0) is 12.3 Å². The van der Waals surface area contributed by atoms with E-state index in [1.165, 1.54) is 23.9 Å². The average molecular weight is 463 g/mol. The van der Waals surface area contributed by atoms with Crippen molar-refractivity contribution in [2.24, 2.45) is 0 Å². The highest BCUT2D eigenvalue weighted by Crippen LogP contribution is 2.32. The molecule has 8 nitrogen and oxygen atoms in total. The number of amides is 1. The van der Waals surface area contributed by atoms with Crippen molar-refractivity contribution in [1.29, 1.82) is 0 Å². The van der Waals surface area contributed by atoms with E-state index >= 15 is 0 Å². The quantitative estimate of drug-likeness (QED) is 0.418. The predicted octanol–water partition coefficient (Wildman–Crippen LogP) is 3.75. The van der Waals surface area contributed by atoms with Gasteiger partial charge in [-0.3, -0.25) is 14.3 Å². The van der Waals surface area contributed by atoms with Crippen molar-refractivity contribution in [3.8, 4) is 17.2 Å². The molecule has 0 saturated heterocycles. The Morgan fingerprint density at radius 3 is 2.64 bits per heavy atom. The molecule has 33 heavy (non-hydrogen) atoms. The number of nitrogens with one attached hydrogen (secondary N) is 1. The number of hydrogen-bond acceptors (Lipinski definition) is 7. The first-order chi connectivity index (χ1) is 16.2. The first-order valence-electron chi connectivity index (χ1n) is 10.1. The Morgan fingerprint density at radius 2 is 1.82 bits per heavy atom. The lowest BCUT2D eigenvalue weighted by atomic mass is 10.2. The standard InChI is InChI=1S/C23H18FN5O3S/c24-17-2-4-18(5-3-17)29-21(27-28-23(29)33-13-15-7-9-25-10-8-15)12-26-22(30)16-1-6-19-20(11-16)32-14-31-19/h1-11H,12-14H2,(H,26,30). The third kappa shape index (κ3) is 4.65. The van der Waals surface area contributed by atoms with Gasteiger partial charge in [0.1, 0.15) is 5.82 Å². The summed E-state index contributed by atoms with van der Waals surface area (Å²) in [4.78, 5) is 16.7. The second-order valence-electron chi connectivity index (χ2n) is 7.11. The maximum atomic E-state index is 13.5. The lowest BCUT2D eigenvalue weighted by molar-refractivity contribution is 0.0949. The van der Waals surface area contributed by atoms with Crippen molar-refractivity contribution in [3.63, 3.8) is 0 Å². The highest BCUT2D eigenvalue weighted by Gasteiger charge is 2.18. The van der Waals surface area contributed by atoms with Crippen LogP contribution >= 0.6 is 11.8 Å². The van der Waals surface area contributed by atoms with Crippen molar-refractivity contribution >= 4 is 17.7 Å². The molecular formula is C23H18FN5O3S. The number of rotatable bonds is 7. The first kappa shape index (κ1) is 21.0. The van der Waals surface area contributed by atoms with Crippen molar-refractivity contribution in [1.82, 2.24) is 25.1 Å². The van der Waals surface area contributed by atoms with Crippen LogP contribution in [0.1, 0.15) is 21.7 Å². The molecule has 0 spiro atoms. The molecule has 0 saturated carbocycles. The Morgan fingerprint density at radius 1 is 1.03 bits per heavy atom. The van der Waals surface area contributed by atoms with Gasteiger partial charge >= 0.3 is 0 Å². The Bertz CT molecular complexity index is 1280. The number of fused-ring (bicyclic) bond motifs is 1. The van der Waals surface area contributed by atoms with Gasteiger partial charge < -0.3 is 14.8 Å². The second-order valence-corrected chi connectivity index (χ2v) is 8.05. The summed E-state index contributed by atoms with van der Waals surface area (Å²) >= 11 is 1.49. The fourth-order valence-electron chi connectivity index (χ4n) is 3.28. The molecule has 0 bridgehead atoms. The summed E-state index contributed by atoms with van der Waals surface area (Å²) in [5.41, 5.74) is 2.23. The van der Waals surface area contributed by atoms with Crippen LogP contribution in [-0.4, -0.2) is 32.4 Å². The third-order valence-corrected chi connectivity index (χ3v) is 5.94. The van der Waals surface area contributed by atoms with Gasteiger partial charge in [-0.2, -0.15) is 0 Å². The van der Waals surface area contributed by atoms with Crippen molar-refractivity contribution in [3.05, 3.63) is 89.8 Å². The van der Waals surface area contributed by atoms with E-state index in [0.29, 0.717) is 39.5 Å². The molecule has 0 atom stereocenters. The zero-order valence-corrected chi connectivity index (χ0v) is 18.1. The summed E-state index contributed by atoms with van der Waals surface area (Å²) in [5.74, 6) is 1.70. The molecule has 1 amide bonds. The van der Waals surface area contributed by atoms with E-state index in [1.54, 1.807) is 42.7 Å². The number of ether oxygens (including phenoxy) is 2. The van der Waals surface area contributed by atoms with E-state index in [1.807, 2.05) is 16.7 Å². The molecule has 0 radical (unpaired) electrons. The number of carbonyl (C=O) groups is 1. The van der Waals surface area contributed by atoms with Gasteiger partial charge in [0.05, 0.1) is 6.54 Å². The molecule has 1 N–H and O–H groups in total. The van der Waals surface area contributed by atoms with Crippen LogP contribution in [0.25, 0.3) is 5.69 Å². The van der Waals surface area contributed by atoms with Crippen LogP contribution in [0.2, 0.25) is 0 Å². The molecule has 0 fully saturated rings. The molecule has 10 heteroatoms. The molecule has 1 aliphatic heterocycles. The maximum absolute atomic E-state index is 13.5. The Balaban J connectivity index is 1.36. The number of carbonyl (C=O) groups excluding carboxylic acids is 1. The monoisotopic (exact) mass is 463 g/mol. The van der Waals surface area contributed by atoms with Gasteiger partial charge in [-0.05, 0) is 60.2 Å². The predicted molar refractivity (Wildman–Crippen MR) is 119 cm³/mol. The number of aromatic nitrogens is 4. The molecule has 2 aromatic heterocycles. The zero-order chi connectivity index (χ0) is 22.6. The minimum Gasteiger partial charge on any atom is -0.454 e. The summed E-state index contributed by atoms with van der Waals surface area (Å²) in [6, 6.07) is 14.9. The van der Waals surface area contributed by atoms with Crippen LogP contribution < -0.4 is 14.8 Å². The van der Waals surface area contributed by atoms with Crippen LogP contribution in [0, 0.1) is 5.82 Å². The Labute approximate surface area is 192 Å². The minimum atomic E-state index is -0.338. The number of hydrogen-bond donors (Lipinski definition) is 1. The summed E-state index contributed by atoms with van der Waals surface area (Å²) in [5, 5.41) is 12.1. The lowest BCUT2D eigenvalue weighted by Crippen LogP contribution is -2.24. The van der Waals surface area contributed by atoms with Crippen molar-refractivity contribution in [2.75, 3.05) is 6.79 Å². The lowest BCUT2D eigenvalue weighted by Gasteiger charge is -2.11. The van der Waals surface area contributed by atoms with Gasteiger partial charge in [-0.1, -0.05) is 11.8 Å². The summed E-state index contributed by atoms with van der Waals surface area (Å²) < 4.78 is 25.9. The smallest absolute Gasteiger partial charge is 0.251 e. The minimum absolute atomic E-state index is 0.132. The molecule has 166 valence electrons. The van der Waals surface area contributed by atoms with Gasteiger partial charge in [-0.25, -0.2) is 4.39 Å². The molecule has 3 heterocycles. The second kappa shape index (κ2) is 9.29. The van der Waals surface area contributed by atoms with E-state index in [9.17, 15) is 9.18 Å². The highest BCUT2D eigenvalue weighted by molar-refractivity contribution is 7.98. The summed E-state index contributed by atoms with van der Waals surface area (Å²) in [6.45, 7) is 0.272. The third-order valence-electron chi connectivity index (χ3n) is 4.94. The largest absolute Gasteiger partial charge is 0.454 e. The molecule has 0 unspecified atom stereocenters. The highest BCUT2D eigenvalue weighted by atomic mass is 32.2. The summed E-state index contributed by atoms with van der Waals surface area (Å²) in [7, 11) is 0. The average Bonchev–Trinajstić information content (AvgIpc) is 3.49. The fourth-order valence-corrected chi connectivity index (χ4v) is 4.21. The van der Waals surface area contributed by atoms with Crippen molar-refractivity contribution < 1.29 is 18.7 Å². The van der Waals surface area contributed by atoms with E-state index in [2.05, 4.69) is 20.5 Å². The molecule has 1 aliphatic rings. The molecule has 4 aromatic rings. The number of nitrogens with zero attached hydrogens (tertiary/aromatic N) is 4. The van der Waals surface area contributed by atoms with Crippen molar-refractivity contribution in [2.45, 2.75) is 17.5 Å². The SMILES string of the molecule is O=C(NCc1nnc(SCc2ccncc2)n1-c1ccc(F)cc1)c1ccc2c(c1)OCO2. The van der Waals surface area contributed by atoms with Crippen LogP contribution in [0.3, 0.4) is 0 Å². The van der Waals surface area contributed by atoms with Gasteiger partial charge in [0.2, 0.25) is 6.79 Å². The van der Waals surface area contributed by atoms with E-state index in [4.69, 9.17) is 9.47 Å². The summed E-state index contributed by atoms with van der Waals surface area (Å²) in [6.07, 6.45) is 3.47. The number of pyridine rings is 1. The van der Waals surface area contributed by atoms with Gasteiger partial charge in [0, 0.05) is 29.4 Å². The van der Waals surface area contributed by atoms with E-state index in [-0.39, 0.29) is 25.1 Å². The molecule has 0 aliphatic carbocycles. The Kier molecular flexibility index (Phi) is 5.90. The molecule has 5 rings (SSSR count). The first-order valence-corrected chi connectivity index (χ1v) is 11.1. The normalized spacial score (nSPS) is 12.0. The fraction of sp³-hybridized carbons (Fsp3) is 0.130. The molecular weight excluding hydrogens is 445 g/mol. The van der Waals surface area contributed by atoms with Crippen LogP contribution in [0.4, 0.5) is 4.39 Å². The topological polar surface area (TPSA) is 91.2 Å². The number of thioether (sulfide) groups is 1. The Hall–Kier alpha value is -3.92. The van der Waals surface area contributed by atoms with Gasteiger partial charge in [-0.15, -0.1) is 10.2 Å².